The van der Waals surface area contributed by atoms with E-state index in [1.54, 1.807) is 0 Å². The van der Waals surface area contributed by atoms with Gasteiger partial charge in [0.05, 0.1) is 0 Å². The number of para-hydroxylation sites is 1. The van der Waals surface area contributed by atoms with Crippen LogP contribution in [0.25, 0.3) is 0 Å². The normalized spacial score (nSPS) is 23.1. The van der Waals surface area contributed by atoms with Crippen molar-refractivity contribution in [3.05, 3.63) is 29.8 Å². The molecule has 1 aliphatic rings. The molecule has 1 heterocycles. The van der Waals surface area contributed by atoms with Crippen LogP contribution in [-0.4, -0.2) is 44.2 Å². The monoisotopic (exact) mass is 275 g/mol. The summed E-state index contributed by atoms with van der Waals surface area (Å²) in [6.45, 7) is 9.99. The van der Waals surface area contributed by atoms with Gasteiger partial charge in [-0.2, -0.15) is 0 Å². The zero-order valence-corrected chi connectivity index (χ0v) is 13.6. The molecule has 1 aliphatic heterocycles. The van der Waals surface area contributed by atoms with Gasteiger partial charge in [-0.05, 0) is 31.6 Å². The Balaban J connectivity index is 2.13. The first-order valence-electron chi connectivity index (χ1n) is 7.71. The number of benzene rings is 1. The largest absolute Gasteiger partial charge is 0.369 e. The molecular formula is C17H29N3. The number of rotatable bonds is 5. The molecule has 0 aromatic heterocycles. The van der Waals surface area contributed by atoms with Crippen molar-refractivity contribution in [2.24, 2.45) is 5.92 Å². The van der Waals surface area contributed by atoms with Gasteiger partial charge in [-0.15, -0.1) is 0 Å². The van der Waals surface area contributed by atoms with Gasteiger partial charge in [0, 0.05) is 37.4 Å². The third-order valence-corrected chi connectivity index (χ3v) is 4.27. The van der Waals surface area contributed by atoms with Gasteiger partial charge in [0.2, 0.25) is 0 Å². The lowest BCUT2D eigenvalue weighted by molar-refractivity contribution is 0.266. The van der Waals surface area contributed by atoms with Crippen LogP contribution in [0.1, 0.15) is 26.3 Å². The highest BCUT2D eigenvalue weighted by molar-refractivity contribution is 5.54. The van der Waals surface area contributed by atoms with Gasteiger partial charge in [-0.3, -0.25) is 0 Å². The van der Waals surface area contributed by atoms with Gasteiger partial charge in [0.1, 0.15) is 0 Å². The van der Waals surface area contributed by atoms with Crippen molar-refractivity contribution in [2.45, 2.75) is 39.4 Å². The molecule has 1 N–H and O–H groups in total. The van der Waals surface area contributed by atoms with E-state index in [1.807, 2.05) is 0 Å². The fraction of sp³-hybridized carbons (Fsp3) is 0.647. The van der Waals surface area contributed by atoms with E-state index in [-0.39, 0.29) is 0 Å². The molecule has 0 amide bonds. The minimum atomic E-state index is 0.523. The van der Waals surface area contributed by atoms with Crippen molar-refractivity contribution in [3.63, 3.8) is 0 Å². The maximum atomic E-state index is 3.53. The Hall–Kier alpha value is -1.06. The minimum absolute atomic E-state index is 0.523. The Labute approximate surface area is 124 Å². The molecule has 20 heavy (non-hydrogen) atoms. The fourth-order valence-electron chi connectivity index (χ4n) is 3.10. The second-order valence-electron chi connectivity index (χ2n) is 6.58. The first-order chi connectivity index (χ1) is 9.49. The van der Waals surface area contributed by atoms with Gasteiger partial charge in [0.15, 0.2) is 0 Å². The molecule has 0 spiro atoms. The summed E-state index contributed by atoms with van der Waals surface area (Å²) in [4.78, 5) is 4.91. The Morgan fingerprint density at radius 2 is 1.95 bits per heavy atom. The van der Waals surface area contributed by atoms with E-state index in [9.17, 15) is 0 Å². The summed E-state index contributed by atoms with van der Waals surface area (Å²) >= 11 is 0. The van der Waals surface area contributed by atoms with Gasteiger partial charge < -0.3 is 15.1 Å². The first-order valence-corrected chi connectivity index (χ1v) is 7.71. The molecule has 2 unspecified atom stereocenters. The Bertz CT molecular complexity index is 428. The predicted octanol–water partition coefficient (Wildman–Crippen LogP) is 2.57. The standard InChI is InChI=1S/C17H29N3/c1-13(2)18-10-15-8-6-7-9-16(15)20-11-14(3)17(12-20)19(4)5/h6-9,13-14,17-18H,10-12H2,1-5H3. The van der Waals surface area contributed by atoms with Crippen LogP contribution in [0.4, 0.5) is 5.69 Å². The van der Waals surface area contributed by atoms with Crippen molar-refractivity contribution in [1.29, 1.82) is 0 Å². The van der Waals surface area contributed by atoms with Crippen LogP contribution in [0.3, 0.4) is 0 Å². The zero-order valence-electron chi connectivity index (χ0n) is 13.6. The van der Waals surface area contributed by atoms with Crippen molar-refractivity contribution >= 4 is 5.69 Å². The van der Waals surface area contributed by atoms with E-state index < -0.39 is 0 Å². The number of hydrogen-bond acceptors (Lipinski definition) is 3. The molecule has 1 aromatic carbocycles. The molecule has 1 saturated heterocycles. The lowest BCUT2D eigenvalue weighted by Gasteiger charge is -2.24. The predicted molar refractivity (Wildman–Crippen MR) is 87.3 cm³/mol. The summed E-state index contributed by atoms with van der Waals surface area (Å²) in [7, 11) is 4.38. The van der Waals surface area contributed by atoms with E-state index >= 15 is 0 Å². The van der Waals surface area contributed by atoms with Gasteiger partial charge in [-0.25, -0.2) is 0 Å². The summed E-state index contributed by atoms with van der Waals surface area (Å²) in [5.74, 6) is 0.719. The zero-order chi connectivity index (χ0) is 14.7. The van der Waals surface area contributed by atoms with Gasteiger partial charge in [0.25, 0.3) is 0 Å². The lowest BCUT2D eigenvalue weighted by atomic mass is 10.1. The topological polar surface area (TPSA) is 18.5 Å². The Kier molecular flexibility index (Phi) is 5.06. The highest BCUT2D eigenvalue weighted by atomic mass is 15.2. The third kappa shape index (κ3) is 3.53. The Morgan fingerprint density at radius 1 is 1.25 bits per heavy atom. The molecule has 2 atom stereocenters. The summed E-state index contributed by atoms with van der Waals surface area (Å²) in [6, 6.07) is 9.99. The van der Waals surface area contributed by atoms with Crippen LogP contribution in [0.15, 0.2) is 24.3 Å². The summed E-state index contributed by atoms with van der Waals surface area (Å²) in [5.41, 5.74) is 2.81. The van der Waals surface area contributed by atoms with E-state index in [1.165, 1.54) is 11.3 Å². The van der Waals surface area contributed by atoms with Crippen LogP contribution >= 0.6 is 0 Å². The van der Waals surface area contributed by atoms with Crippen molar-refractivity contribution in [3.8, 4) is 0 Å². The minimum Gasteiger partial charge on any atom is -0.369 e. The number of anilines is 1. The molecule has 1 aromatic rings. The maximum absolute atomic E-state index is 3.53. The molecule has 3 nitrogen and oxygen atoms in total. The van der Waals surface area contributed by atoms with Crippen LogP contribution in [-0.2, 0) is 6.54 Å². The van der Waals surface area contributed by atoms with Crippen LogP contribution in [0.5, 0.6) is 0 Å². The fourth-order valence-corrected chi connectivity index (χ4v) is 3.10. The summed E-state index contributed by atoms with van der Waals surface area (Å²) in [6.07, 6.45) is 0. The number of nitrogens with one attached hydrogen (secondary N) is 1. The Morgan fingerprint density at radius 3 is 2.55 bits per heavy atom. The van der Waals surface area contributed by atoms with Crippen molar-refractivity contribution in [1.82, 2.24) is 10.2 Å². The molecule has 1 fully saturated rings. The summed E-state index contributed by atoms with van der Waals surface area (Å²) < 4.78 is 0. The molecular weight excluding hydrogens is 246 g/mol. The summed E-state index contributed by atoms with van der Waals surface area (Å²) in [5, 5.41) is 3.53. The van der Waals surface area contributed by atoms with Crippen LogP contribution in [0.2, 0.25) is 0 Å². The van der Waals surface area contributed by atoms with Gasteiger partial charge >= 0.3 is 0 Å². The number of nitrogens with zero attached hydrogens (tertiary/aromatic N) is 2. The maximum Gasteiger partial charge on any atom is 0.0412 e. The molecule has 112 valence electrons. The van der Waals surface area contributed by atoms with Gasteiger partial charge in [-0.1, -0.05) is 39.0 Å². The number of hydrogen-bond donors (Lipinski definition) is 1. The molecule has 0 radical (unpaired) electrons. The third-order valence-electron chi connectivity index (χ3n) is 4.27. The van der Waals surface area contributed by atoms with Crippen molar-refractivity contribution in [2.75, 3.05) is 32.1 Å². The van der Waals surface area contributed by atoms with E-state index in [2.05, 4.69) is 74.2 Å². The quantitative estimate of drug-likeness (QED) is 0.891. The molecule has 0 bridgehead atoms. The van der Waals surface area contributed by atoms with E-state index in [0.29, 0.717) is 12.1 Å². The highest BCUT2D eigenvalue weighted by Gasteiger charge is 2.31. The van der Waals surface area contributed by atoms with Crippen LogP contribution < -0.4 is 10.2 Å². The lowest BCUT2D eigenvalue weighted by Crippen LogP contribution is -2.34. The molecule has 3 heteroatoms. The second kappa shape index (κ2) is 6.59. The second-order valence-corrected chi connectivity index (χ2v) is 6.58. The molecule has 2 rings (SSSR count). The van der Waals surface area contributed by atoms with Crippen molar-refractivity contribution < 1.29 is 0 Å². The van der Waals surface area contributed by atoms with E-state index in [0.717, 1.165) is 25.6 Å². The highest BCUT2D eigenvalue weighted by Crippen LogP contribution is 2.28. The average Bonchev–Trinajstić information content (AvgIpc) is 2.79. The average molecular weight is 275 g/mol. The van der Waals surface area contributed by atoms with E-state index in [4.69, 9.17) is 0 Å². The van der Waals surface area contributed by atoms with Crippen LogP contribution in [0, 0.1) is 5.92 Å². The first kappa shape index (κ1) is 15.3. The smallest absolute Gasteiger partial charge is 0.0412 e. The number of likely N-dealkylation sites (N-methyl/N-ethyl adjacent to an activating group) is 1. The SMILES string of the molecule is CC(C)NCc1ccccc1N1CC(C)C(N(C)C)C1. The molecule has 0 saturated carbocycles. The molecule has 0 aliphatic carbocycles.